The van der Waals surface area contributed by atoms with Crippen LogP contribution in [0.1, 0.15) is 17.5 Å². The summed E-state index contributed by atoms with van der Waals surface area (Å²) in [7, 11) is 0. The molecule has 0 heterocycles. The molecule has 2 rings (SSSR count). The highest BCUT2D eigenvalue weighted by Crippen LogP contribution is 2.31. The summed E-state index contributed by atoms with van der Waals surface area (Å²) in [6.45, 7) is 0. The third-order valence-corrected chi connectivity index (χ3v) is 3.63. The number of carboxylic acids is 1. The Hall–Kier alpha value is -1.35. The van der Waals surface area contributed by atoms with Gasteiger partial charge in [-0.25, -0.2) is 4.79 Å². The average molecular weight is 307 g/mol. The van der Waals surface area contributed by atoms with E-state index in [1.807, 2.05) is 12.2 Å². The second-order valence-corrected chi connectivity index (χ2v) is 5.46. The summed E-state index contributed by atoms with van der Waals surface area (Å²) in [5.74, 6) is -0.262. The number of fused-ring (bicyclic) bond motifs is 1. The Morgan fingerprint density at radius 3 is 2.89 bits per heavy atom. The fourth-order valence-corrected chi connectivity index (χ4v) is 2.74. The van der Waals surface area contributed by atoms with Crippen molar-refractivity contribution >= 4 is 21.9 Å². The summed E-state index contributed by atoms with van der Waals surface area (Å²) in [6.07, 6.45) is 9.81. The molecule has 1 atom stereocenters. The van der Waals surface area contributed by atoms with Crippen molar-refractivity contribution in [3.63, 3.8) is 0 Å². The monoisotopic (exact) mass is 306 g/mol. The molecule has 0 radical (unpaired) electrons. The van der Waals surface area contributed by atoms with Crippen molar-refractivity contribution in [1.82, 2.24) is 0 Å². The number of carbonyl (C=O) groups is 1. The molecular formula is C15H15BrO2. The molecule has 3 heteroatoms. The van der Waals surface area contributed by atoms with Crippen molar-refractivity contribution < 1.29 is 9.90 Å². The van der Waals surface area contributed by atoms with Crippen molar-refractivity contribution in [2.75, 3.05) is 0 Å². The lowest BCUT2D eigenvalue weighted by Gasteiger charge is -2.03. The average Bonchev–Trinajstić information content (AvgIpc) is 2.70. The van der Waals surface area contributed by atoms with Gasteiger partial charge in [-0.2, -0.15) is 0 Å². The summed E-state index contributed by atoms with van der Waals surface area (Å²) in [4.78, 5) is 10.3. The van der Waals surface area contributed by atoms with E-state index in [1.165, 1.54) is 11.1 Å². The van der Waals surface area contributed by atoms with Gasteiger partial charge in [-0.15, -0.1) is 0 Å². The van der Waals surface area contributed by atoms with Crippen LogP contribution in [-0.2, 0) is 17.6 Å². The van der Waals surface area contributed by atoms with Crippen LogP contribution >= 0.6 is 15.9 Å². The minimum Gasteiger partial charge on any atom is -0.478 e. The highest BCUT2D eigenvalue weighted by molar-refractivity contribution is 9.10. The summed E-state index contributed by atoms with van der Waals surface area (Å²) < 4.78 is 1.14. The van der Waals surface area contributed by atoms with Crippen molar-refractivity contribution in [3.8, 4) is 0 Å². The molecule has 1 N–H and O–H groups in total. The first-order valence-electron chi connectivity index (χ1n) is 5.98. The van der Waals surface area contributed by atoms with Crippen molar-refractivity contribution in [2.24, 2.45) is 5.92 Å². The van der Waals surface area contributed by atoms with Crippen LogP contribution in [0.5, 0.6) is 0 Å². The molecule has 0 fully saturated rings. The molecule has 1 aromatic carbocycles. The third-order valence-electron chi connectivity index (χ3n) is 3.14. The molecule has 18 heavy (non-hydrogen) atoms. The van der Waals surface area contributed by atoms with Gasteiger partial charge in [0.25, 0.3) is 0 Å². The summed E-state index contributed by atoms with van der Waals surface area (Å²) >= 11 is 3.49. The normalized spacial score (nSPS) is 18.6. The molecule has 0 saturated carbocycles. The standard InChI is InChI=1S/C15H15BrO2/c16-14-7-6-12-8-11(9-13(12)10-14)4-2-1-3-5-15(17)18/h1-3,5-7,10-11H,4,8-9H2,(H,17,18)/b2-1+,5-3+. The van der Waals surface area contributed by atoms with Crippen LogP contribution in [0.2, 0.25) is 0 Å². The van der Waals surface area contributed by atoms with Gasteiger partial charge in [0.1, 0.15) is 0 Å². The Morgan fingerprint density at radius 1 is 1.33 bits per heavy atom. The number of benzene rings is 1. The van der Waals surface area contributed by atoms with Gasteiger partial charge in [-0.3, -0.25) is 0 Å². The first-order chi connectivity index (χ1) is 8.65. The van der Waals surface area contributed by atoms with Crippen LogP contribution in [0.4, 0.5) is 0 Å². The zero-order chi connectivity index (χ0) is 13.0. The van der Waals surface area contributed by atoms with Gasteiger partial charge in [0.2, 0.25) is 0 Å². The van der Waals surface area contributed by atoms with Crippen LogP contribution in [0, 0.1) is 5.92 Å². The molecule has 1 aromatic rings. The smallest absolute Gasteiger partial charge is 0.328 e. The second kappa shape index (κ2) is 6.01. The van der Waals surface area contributed by atoms with E-state index in [0.29, 0.717) is 5.92 Å². The lowest BCUT2D eigenvalue weighted by molar-refractivity contribution is -0.131. The molecular weight excluding hydrogens is 292 g/mol. The zero-order valence-electron chi connectivity index (χ0n) is 9.97. The van der Waals surface area contributed by atoms with Crippen molar-refractivity contribution in [1.29, 1.82) is 0 Å². The van der Waals surface area contributed by atoms with Gasteiger partial charge in [0.05, 0.1) is 0 Å². The maximum Gasteiger partial charge on any atom is 0.328 e. The number of allylic oxidation sites excluding steroid dienone is 3. The fraction of sp³-hybridized carbons (Fsp3) is 0.267. The van der Waals surface area contributed by atoms with Gasteiger partial charge in [0, 0.05) is 10.5 Å². The van der Waals surface area contributed by atoms with Crippen molar-refractivity contribution in [3.05, 3.63) is 58.1 Å². The number of hydrogen-bond donors (Lipinski definition) is 1. The quantitative estimate of drug-likeness (QED) is 0.679. The molecule has 1 aliphatic rings. The lowest BCUT2D eigenvalue weighted by atomic mass is 10.0. The lowest BCUT2D eigenvalue weighted by Crippen LogP contribution is -1.96. The molecule has 0 amide bonds. The number of aliphatic carboxylic acids is 1. The third kappa shape index (κ3) is 3.57. The molecule has 0 aliphatic heterocycles. The van der Waals surface area contributed by atoms with Gasteiger partial charge in [-0.1, -0.05) is 40.2 Å². The van der Waals surface area contributed by atoms with E-state index in [1.54, 1.807) is 6.08 Å². The van der Waals surface area contributed by atoms with Gasteiger partial charge in [0.15, 0.2) is 0 Å². The number of halogens is 1. The zero-order valence-corrected chi connectivity index (χ0v) is 11.6. The maximum atomic E-state index is 10.3. The first kappa shape index (κ1) is 13.1. The van der Waals surface area contributed by atoms with E-state index < -0.39 is 5.97 Å². The Morgan fingerprint density at radius 2 is 2.11 bits per heavy atom. The summed E-state index contributed by atoms with van der Waals surface area (Å²) in [6, 6.07) is 6.48. The van der Waals surface area contributed by atoms with E-state index in [4.69, 9.17) is 5.11 Å². The van der Waals surface area contributed by atoms with Gasteiger partial charge < -0.3 is 5.11 Å². The van der Waals surface area contributed by atoms with Crippen LogP contribution in [0.25, 0.3) is 0 Å². The van der Waals surface area contributed by atoms with E-state index >= 15 is 0 Å². The molecule has 0 saturated heterocycles. The van der Waals surface area contributed by atoms with Gasteiger partial charge >= 0.3 is 5.97 Å². The molecule has 2 nitrogen and oxygen atoms in total. The van der Waals surface area contributed by atoms with Crippen LogP contribution in [-0.4, -0.2) is 11.1 Å². The molecule has 0 bridgehead atoms. The minimum absolute atomic E-state index is 0.642. The van der Waals surface area contributed by atoms with E-state index in [-0.39, 0.29) is 0 Å². The van der Waals surface area contributed by atoms with Crippen LogP contribution in [0.15, 0.2) is 47.0 Å². The molecule has 94 valence electrons. The predicted octanol–water partition coefficient (Wildman–Crippen LogP) is 3.75. The van der Waals surface area contributed by atoms with Crippen LogP contribution in [0.3, 0.4) is 0 Å². The second-order valence-electron chi connectivity index (χ2n) is 4.55. The Kier molecular flexibility index (Phi) is 4.37. The summed E-state index contributed by atoms with van der Waals surface area (Å²) in [5.41, 5.74) is 2.88. The van der Waals surface area contributed by atoms with E-state index in [0.717, 1.165) is 29.8 Å². The molecule has 1 unspecified atom stereocenters. The van der Waals surface area contributed by atoms with Gasteiger partial charge in [-0.05, 0) is 48.4 Å². The fourth-order valence-electron chi connectivity index (χ4n) is 2.33. The molecule has 0 spiro atoms. The topological polar surface area (TPSA) is 37.3 Å². The first-order valence-corrected chi connectivity index (χ1v) is 6.78. The largest absolute Gasteiger partial charge is 0.478 e. The molecule has 0 aromatic heterocycles. The predicted molar refractivity (Wildman–Crippen MR) is 75.6 cm³/mol. The van der Waals surface area contributed by atoms with Crippen LogP contribution < -0.4 is 0 Å². The number of carboxylic acid groups (broad SMARTS) is 1. The number of hydrogen-bond acceptors (Lipinski definition) is 1. The minimum atomic E-state index is -0.905. The highest BCUT2D eigenvalue weighted by atomic mass is 79.9. The Bertz CT molecular complexity index is 503. The van der Waals surface area contributed by atoms with E-state index in [9.17, 15) is 4.79 Å². The molecule has 1 aliphatic carbocycles. The SMILES string of the molecule is O=C(O)/C=C/C=C/CC1Cc2ccc(Br)cc2C1. The van der Waals surface area contributed by atoms with E-state index in [2.05, 4.69) is 34.1 Å². The highest BCUT2D eigenvalue weighted by Gasteiger charge is 2.20. The number of rotatable bonds is 4. The Balaban J connectivity index is 1.86. The summed E-state index contributed by atoms with van der Waals surface area (Å²) in [5, 5.41) is 8.44. The van der Waals surface area contributed by atoms with Crippen molar-refractivity contribution in [2.45, 2.75) is 19.3 Å². The maximum absolute atomic E-state index is 10.3. The Labute approximate surface area is 115 Å².